The van der Waals surface area contributed by atoms with Gasteiger partial charge in [0, 0.05) is 5.88 Å². The SMILES string of the molecule is CCCCOc1ccc2cc(OCCCCCCl)ccc2c1C. The number of hydrogen-bond donors (Lipinski definition) is 0. The maximum absolute atomic E-state index is 5.88. The lowest BCUT2D eigenvalue weighted by molar-refractivity contribution is 0.306. The Balaban J connectivity index is 2.01. The Bertz CT molecular complexity index is 610. The average Bonchev–Trinajstić information content (AvgIpc) is 2.57. The molecule has 0 spiro atoms. The van der Waals surface area contributed by atoms with E-state index in [-0.39, 0.29) is 0 Å². The highest BCUT2D eigenvalue weighted by atomic mass is 35.5. The van der Waals surface area contributed by atoms with Crippen LogP contribution in [0.15, 0.2) is 30.3 Å². The highest BCUT2D eigenvalue weighted by molar-refractivity contribution is 6.17. The Morgan fingerprint density at radius 1 is 0.913 bits per heavy atom. The molecule has 3 heteroatoms. The molecule has 0 heterocycles. The molecule has 0 unspecified atom stereocenters. The van der Waals surface area contributed by atoms with Crippen molar-refractivity contribution in [2.75, 3.05) is 19.1 Å². The molecular weight excluding hydrogens is 308 g/mol. The molecule has 2 aromatic rings. The fraction of sp³-hybridized carbons (Fsp3) is 0.500. The van der Waals surface area contributed by atoms with E-state index < -0.39 is 0 Å². The van der Waals surface area contributed by atoms with E-state index in [1.807, 2.05) is 6.07 Å². The zero-order chi connectivity index (χ0) is 16.5. The third-order valence-electron chi connectivity index (χ3n) is 4.01. The van der Waals surface area contributed by atoms with Crippen LogP contribution < -0.4 is 9.47 Å². The molecule has 0 aliphatic carbocycles. The molecule has 0 N–H and O–H groups in total. The van der Waals surface area contributed by atoms with Crippen molar-refractivity contribution in [1.29, 1.82) is 0 Å². The second kappa shape index (κ2) is 9.67. The van der Waals surface area contributed by atoms with Gasteiger partial charge in [-0.3, -0.25) is 0 Å². The van der Waals surface area contributed by atoms with Gasteiger partial charge in [0.15, 0.2) is 0 Å². The largest absolute Gasteiger partial charge is 0.494 e. The van der Waals surface area contributed by atoms with Crippen LogP contribution in [0.5, 0.6) is 11.5 Å². The molecule has 126 valence electrons. The first-order valence-electron chi connectivity index (χ1n) is 8.61. The maximum atomic E-state index is 5.88. The van der Waals surface area contributed by atoms with Crippen LogP contribution in [0.4, 0.5) is 0 Å². The van der Waals surface area contributed by atoms with Gasteiger partial charge in [0.05, 0.1) is 13.2 Å². The monoisotopic (exact) mass is 334 g/mol. The van der Waals surface area contributed by atoms with Crippen LogP contribution in [-0.4, -0.2) is 19.1 Å². The number of aryl methyl sites for hydroxylation is 1. The summed E-state index contributed by atoms with van der Waals surface area (Å²) in [6.07, 6.45) is 5.47. The van der Waals surface area contributed by atoms with Gasteiger partial charge >= 0.3 is 0 Å². The number of benzene rings is 2. The fourth-order valence-electron chi connectivity index (χ4n) is 2.58. The van der Waals surface area contributed by atoms with Crippen molar-refractivity contribution < 1.29 is 9.47 Å². The first-order chi connectivity index (χ1) is 11.3. The standard InChI is InChI=1S/C20H27ClO2/c1-3-4-13-23-20-11-8-17-15-18(9-10-19(17)16(20)2)22-14-7-5-6-12-21/h8-11,15H,3-7,12-14H2,1-2H3. The van der Waals surface area contributed by atoms with Crippen molar-refractivity contribution in [3.05, 3.63) is 35.9 Å². The first kappa shape index (κ1) is 17.9. The summed E-state index contributed by atoms with van der Waals surface area (Å²) >= 11 is 5.68. The van der Waals surface area contributed by atoms with Gasteiger partial charge in [-0.15, -0.1) is 11.6 Å². The van der Waals surface area contributed by atoms with Gasteiger partial charge in [-0.1, -0.05) is 25.5 Å². The minimum absolute atomic E-state index is 0.734. The van der Waals surface area contributed by atoms with Crippen LogP contribution in [0.1, 0.15) is 44.6 Å². The first-order valence-corrected chi connectivity index (χ1v) is 9.14. The summed E-state index contributed by atoms with van der Waals surface area (Å²) < 4.78 is 11.7. The number of halogens is 1. The van der Waals surface area contributed by atoms with Crippen molar-refractivity contribution in [3.8, 4) is 11.5 Å². The van der Waals surface area contributed by atoms with Crippen molar-refractivity contribution in [2.24, 2.45) is 0 Å². The smallest absolute Gasteiger partial charge is 0.122 e. The van der Waals surface area contributed by atoms with Gasteiger partial charge in [-0.25, -0.2) is 0 Å². The molecular formula is C20H27ClO2. The number of ether oxygens (including phenoxy) is 2. The summed E-state index contributed by atoms with van der Waals surface area (Å²) in [5.74, 6) is 2.65. The topological polar surface area (TPSA) is 18.5 Å². The van der Waals surface area contributed by atoms with Crippen LogP contribution >= 0.6 is 11.6 Å². The van der Waals surface area contributed by atoms with E-state index >= 15 is 0 Å². The van der Waals surface area contributed by atoms with Gasteiger partial charge in [0.1, 0.15) is 11.5 Å². The number of fused-ring (bicyclic) bond motifs is 1. The van der Waals surface area contributed by atoms with Gasteiger partial charge in [0.25, 0.3) is 0 Å². The Hall–Kier alpha value is -1.41. The number of alkyl halides is 1. The molecule has 2 aromatic carbocycles. The molecule has 0 aromatic heterocycles. The molecule has 0 fully saturated rings. The summed E-state index contributed by atoms with van der Waals surface area (Å²) in [6.45, 7) is 5.83. The normalized spacial score (nSPS) is 10.9. The lowest BCUT2D eigenvalue weighted by atomic mass is 10.0. The lowest BCUT2D eigenvalue weighted by Gasteiger charge is -2.12. The van der Waals surface area contributed by atoms with Crippen molar-refractivity contribution in [2.45, 2.75) is 46.0 Å². The van der Waals surface area contributed by atoms with Crippen LogP contribution in [-0.2, 0) is 0 Å². The van der Waals surface area contributed by atoms with E-state index in [0.29, 0.717) is 0 Å². The molecule has 0 bridgehead atoms. The van der Waals surface area contributed by atoms with Gasteiger partial charge in [0.2, 0.25) is 0 Å². The summed E-state index contributed by atoms with van der Waals surface area (Å²) in [5.41, 5.74) is 1.20. The van der Waals surface area contributed by atoms with E-state index in [1.165, 1.54) is 16.3 Å². The third-order valence-corrected chi connectivity index (χ3v) is 4.28. The predicted octanol–water partition coefficient (Wildman–Crippen LogP) is 6.12. The fourth-order valence-corrected chi connectivity index (χ4v) is 2.77. The molecule has 2 rings (SSSR count). The van der Waals surface area contributed by atoms with E-state index in [1.54, 1.807) is 0 Å². The predicted molar refractivity (Wildman–Crippen MR) is 99.2 cm³/mol. The number of rotatable bonds is 10. The summed E-state index contributed by atoms with van der Waals surface area (Å²) in [4.78, 5) is 0. The van der Waals surface area contributed by atoms with Crippen LogP contribution in [0.25, 0.3) is 10.8 Å². The Labute approximate surface area is 144 Å². The molecule has 0 aliphatic rings. The highest BCUT2D eigenvalue weighted by Crippen LogP contribution is 2.30. The van der Waals surface area contributed by atoms with Crippen LogP contribution in [0.2, 0.25) is 0 Å². The van der Waals surface area contributed by atoms with Gasteiger partial charge < -0.3 is 9.47 Å². The maximum Gasteiger partial charge on any atom is 0.122 e. The quantitative estimate of drug-likeness (QED) is 0.385. The van der Waals surface area contributed by atoms with Crippen molar-refractivity contribution in [3.63, 3.8) is 0 Å². The van der Waals surface area contributed by atoms with E-state index in [9.17, 15) is 0 Å². The minimum Gasteiger partial charge on any atom is -0.494 e. The third kappa shape index (κ3) is 5.31. The molecule has 0 aliphatic heterocycles. The van der Waals surface area contributed by atoms with E-state index in [4.69, 9.17) is 21.1 Å². The molecule has 2 nitrogen and oxygen atoms in total. The molecule has 0 saturated heterocycles. The lowest BCUT2D eigenvalue weighted by Crippen LogP contribution is -1.99. The zero-order valence-electron chi connectivity index (χ0n) is 14.2. The summed E-state index contributed by atoms with van der Waals surface area (Å²) in [5, 5.41) is 2.43. The number of unbranched alkanes of at least 4 members (excludes halogenated alkanes) is 3. The minimum atomic E-state index is 0.734. The van der Waals surface area contributed by atoms with Gasteiger partial charge in [-0.05, 0) is 67.1 Å². The number of hydrogen-bond acceptors (Lipinski definition) is 2. The van der Waals surface area contributed by atoms with Crippen LogP contribution in [0.3, 0.4) is 0 Å². The van der Waals surface area contributed by atoms with E-state index in [2.05, 4.69) is 38.1 Å². The van der Waals surface area contributed by atoms with Crippen molar-refractivity contribution in [1.82, 2.24) is 0 Å². The second-order valence-electron chi connectivity index (χ2n) is 5.87. The van der Waals surface area contributed by atoms with Crippen LogP contribution in [0, 0.1) is 6.92 Å². The molecule has 0 radical (unpaired) electrons. The van der Waals surface area contributed by atoms with Gasteiger partial charge in [-0.2, -0.15) is 0 Å². The van der Waals surface area contributed by atoms with Crippen molar-refractivity contribution >= 4 is 22.4 Å². The average molecular weight is 335 g/mol. The molecule has 0 atom stereocenters. The highest BCUT2D eigenvalue weighted by Gasteiger charge is 2.06. The van der Waals surface area contributed by atoms with E-state index in [0.717, 1.165) is 62.7 Å². The zero-order valence-corrected chi connectivity index (χ0v) is 15.0. The summed E-state index contributed by atoms with van der Waals surface area (Å²) in [7, 11) is 0. The second-order valence-corrected chi connectivity index (χ2v) is 6.25. The summed E-state index contributed by atoms with van der Waals surface area (Å²) in [6, 6.07) is 10.5. The molecule has 23 heavy (non-hydrogen) atoms. The molecule has 0 amide bonds. The Kier molecular flexibility index (Phi) is 7.54. The molecule has 0 saturated carbocycles. The Morgan fingerprint density at radius 3 is 2.52 bits per heavy atom. The Morgan fingerprint density at radius 2 is 1.74 bits per heavy atom.